The SMILES string of the molecule is CC1(C(=O)O)CCC(C(=O)O)C1. The van der Waals surface area contributed by atoms with Crippen LogP contribution in [0, 0.1) is 11.3 Å². The van der Waals surface area contributed by atoms with E-state index in [9.17, 15) is 9.59 Å². The molecule has 4 heteroatoms. The van der Waals surface area contributed by atoms with Crippen molar-refractivity contribution in [1.29, 1.82) is 0 Å². The summed E-state index contributed by atoms with van der Waals surface area (Å²) < 4.78 is 0. The van der Waals surface area contributed by atoms with Gasteiger partial charge >= 0.3 is 11.9 Å². The Morgan fingerprint density at radius 1 is 1.42 bits per heavy atom. The minimum atomic E-state index is -0.883. The predicted molar refractivity (Wildman–Crippen MR) is 40.7 cm³/mol. The van der Waals surface area contributed by atoms with Crippen molar-refractivity contribution in [1.82, 2.24) is 0 Å². The molecule has 68 valence electrons. The molecule has 0 aromatic heterocycles. The molecule has 2 unspecified atom stereocenters. The Bertz CT molecular complexity index is 223. The predicted octanol–water partition coefficient (Wildman–Crippen LogP) is 0.962. The van der Waals surface area contributed by atoms with Crippen molar-refractivity contribution < 1.29 is 19.8 Å². The number of carbonyl (C=O) groups is 2. The average Bonchev–Trinajstić information content (AvgIpc) is 2.33. The maximum absolute atomic E-state index is 10.7. The third-order valence-corrected chi connectivity index (χ3v) is 2.61. The van der Waals surface area contributed by atoms with Gasteiger partial charge in [-0.15, -0.1) is 0 Å². The highest BCUT2D eigenvalue weighted by molar-refractivity contribution is 5.78. The smallest absolute Gasteiger partial charge is 0.309 e. The van der Waals surface area contributed by atoms with Gasteiger partial charge in [0, 0.05) is 0 Å². The van der Waals surface area contributed by atoms with E-state index in [0.29, 0.717) is 12.8 Å². The Labute approximate surface area is 70.2 Å². The highest BCUT2D eigenvalue weighted by Gasteiger charge is 2.43. The number of carboxylic acid groups (broad SMARTS) is 2. The first-order chi connectivity index (χ1) is 5.46. The summed E-state index contributed by atoms with van der Waals surface area (Å²) in [4.78, 5) is 21.2. The van der Waals surface area contributed by atoms with Crippen molar-refractivity contribution in [2.75, 3.05) is 0 Å². The number of hydrogen-bond donors (Lipinski definition) is 2. The molecule has 0 aromatic carbocycles. The van der Waals surface area contributed by atoms with Gasteiger partial charge in [-0.2, -0.15) is 0 Å². The van der Waals surface area contributed by atoms with E-state index in [0.717, 1.165) is 0 Å². The zero-order valence-electron chi connectivity index (χ0n) is 6.91. The van der Waals surface area contributed by atoms with Crippen molar-refractivity contribution in [3.05, 3.63) is 0 Å². The second kappa shape index (κ2) is 2.77. The lowest BCUT2D eigenvalue weighted by Gasteiger charge is -2.16. The first kappa shape index (κ1) is 9.03. The van der Waals surface area contributed by atoms with Gasteiger partial charge in [-0.3, -0.25) is 9.59 Å². The third-order valence-electron chi connectivity index (χ3n) is 2.61. The van der Waals surface area contributed by atoms with Crippen molar-refractivity contribution in [2.45, 2.75) is 26.2 Å². The molecule has 0 bridgehead atoms. The van der Waals surface area contributed by atoms with E-state index in [2.05, 4.69) is 0 Å². The second-order valence-electron chi connectivity index (χ2n) is 3.64. The van der Waals surface area contributed by atoms with Gasteiger partial charge in [-0.05, 0) is 26.2 Å². The average molecular weight is 172 g/mol. The zero-order chi connectivity index (χ0) is 9.35. The molecule has 0 radical (unpaired) electrons. The summed E-state index contributed by atoms with van der Waals surface area (Å²) in [5.41, 5.74) is -0.816. The van der Waals surface area contributed by atoms with E-state index in [4.69, 9.17) is 10.2 Å². The van der Waals surface area contributed by atoms with Crippen molar-refractivity contribution in [2.24, 2.45) is 11.3 Å². The summed E-state index contributed by atoms with van der Waals surface area (Å²) >= 11 is 0. The van der Waals surface area contributed by atoms with Crippen LogP contribution in [0.1, 0.15) is 26.2 Å². The highest BCUT2D eigenvalue weighted by Crippen LogP contribution is 2.41. The Balaban J connectivity index is 2.67. The number of aliphatic carboxylic acids is 2. The van der Waals surface area contributed by atoms with Crippen LogP contribution in [-0.4, -0.2) is 22.2 Å². The summed E-state index contributed by atoms with van der Waals surface area (Å²) in [5, 5.41) is 17.4. The lowest BCUT2D eigenvalue weighted by atomic mass is 9.88. The van der Waals surface area contributed by atoms with Crippen LogP contribution in [0.3, 0.4) is 0 Å². The van der Waals surface area contributed by atoms with Gasteiger partial charge in [0.2, 0.25) is 0 Å². The fraction of sp³-hybridized carbons (Fsp3) is 0.750. The maximum Gasteiger partial charge on any atom is 0.309 e. The van der Waals surface area contributed by atoms with E-state index in [1.807, 2.05) is 0 Å². The molecule has 2 atom stereocenters. The van der Waals surface area contributed by atoms with E-state index < -0.39 is 23.3 Å². The van der Waals surface area contributed by atoms with Crippen LogP contribution in [0.25, 0.3) is 0 Å². The monoisotopic (exact) mass is 172 g/mol. The van der Waals surface area contributed by atoms with Crippen LogP contribution in [0.2, 0.25) is 0 Å². The summed E-state index contributed by atoms with van der Waals surface area (Å²) in [7, 11) is 0. The van der Waals surface area contributed by atoms with Crippen molar-refractivity contribution in [3.63, 3.8) is 0 Å². The van der Waals surface area contributed by atoms with Crippen LogP contribution in [0.15, 0.2) is 0 Å². The molecule has 0 heterocycles. The standard InChI is InChI=1S/C8H12O4/c1-8(7(11)12)3-2-5(4-8)6(9)10/h5H,2-4H2,1H3,(H,9,10)(H,11,12). The van der Waals surface area contributed by atoms with Gasteiger partial charge < -0.3 is 10.2 Å². The summed E-state index contributed by atoms with van der Waals surface area (Å²) in [6.07, 6.45) is 1.22. The van der Waals surface area contributed by atoms with Gasteiger partial charge in [0.05, 0.1) is 11.3 Å². The lowest BCUT2D eigenvalue weighted by Crippen LogP contribution is -2.25. The first-order valence-electron chi connectivity index (χ1n) is 3.92. The zero-order valence-corrected chi connectivity index (χ0v) is 6.91. The van der Waals surface area contributed by atoms with Crippen LogP contribution in [0.5, 0.6) is 0 Å². The molecular formula is C8H12O4. The van der Waals surface area contributed by atoms with Gasteiger partial charge in [0.25, 0.3) is 0 Å². The molecule has 1 rings (SSSR count). The fourth-order valence-electron chi connectivity index (χ4n) is 1.65. The molecule has 1 fully saturated rings. The molecule has 2 N–H and O–H groups in total. The largest absolute Gasteiger partial charge is 0.481 e. The summed E-state index contributed by atoms with van der Waals surface area (Å²) in [6, 6.07) is 0. The Morgan fingerprint density at radius 2 is 2.00 bits per heavy atom. The number of rotatable bonds is 2. The normalized spacial score (nSPS) is 34.9. The molecule has 0 amide bonds. The van der Waals surface area contributed by atoms with Crippen molar-refractivity contribution >= 4 is 11.9 Å². The Morgan fingerprint density at radius 3 is 2.25 bits per heavy atom. The van der Waals surface area contributed by atoms with Gasteiger partial charge in [-0.1, -0.05) is 0 Å². The molecule has 4 nitrogen and oxygen atoms in total. The lowest BCUT2D eigenvalue weighted by molar-refractivity contribution is -0.148. The van der Waals surface area contributed by atoms with Crippen LogP contribution >= 0.6 is 0 Å². The number of carboxylic acids is 2. The second-order valence-corrected chi connectivity index (χ2v) is 3.64. The minimum Gasteiger partial charge on any atom is -0.481 e. The molecule has 0 aromatic rings. The Kier molecular flexibility index (Phi) is 2.08. The first-order valence-corrected chi connectivity index (χ1v) is 3.92. The van der Waals surface area contributed by atoms with Gasteiger partial charge in [-0.25, -0.2) is 0 Å². The molecule has 12 heavy (non-hydrogen) atoms. The molecule has 0 aliphatic heterocycles. The molecule has 0 saturated heterocycles. The topological polar surface area (TPSA) is 74.6 Å². The fourth-order valence-corrected chi connectivity index (χ4v) is 1.65. The van der Waals surface area contributed by atoms with E-state index in [1.165, 1.54) is 0 Å². The van der Waals surface area contributed by atoms with E-state index in [1.54, 1.807) is 6.92 Å². The van der Waals surface area contributed by atoms with E-state index >= 15 is 0 Å². The van der Waals surface area contributed by atoms with Crippen LogP contribution < -0.4 is 0 Å². The van der Waals surface area contributed by atoms with E-state index in [-0.39, 0.29) is 6.42 Å². The summed E-state index contributed by atoms with van der Waals surface area (Å²) in [5.74, 6) is -2.22. The molecule has 1 aliphatic carbocycles. The molecule has 0 spiro atoms. The van der Waals surface area contributed by atoms with Crippen LogP contribution in [0.4, 0.5) is 0 Å². The Hall–Kier alpha value is -1.06. The summed E-state index contributed by atoms with van der Waals surface area (Å²) in [6.45, 7) is 1.61. The van der Waals surface area contributed by atoms with Gasteiger partial charge in [0.1, 0.15) is 0 Å². The molecule has 1 saturated carbocycles. The minimum absolute atomic E-state index is 0.262. The van der Waals surface area contributed by atoms with Crippen LogP contribution in [-0.2, 0) is 9.59 Å². The quantitative estimate of drug-likeness (QED) is 0.650. The van der Waals surface area contributed by atoms with Crippen molar-refractivity contribution in [3.8, 4) is 0 Å². The highest BCUT2D eigenvalue weighted by atomic mass is 16.4. The van der Waals surface area contributed by atoms with Gasteiger partial charge in [0.15, 0.2) is 0 Å². The molecule has 1 aliphatic rings. The third kappa shape index (κ3) is 1.42. The number of hydrogen-bond acceptors (Lipinski definition) is 2. The maximum atomic E-state index is 10.7. The molecular weight excluding hydrogens is 160 g/mol.